The van der Waals surface area contributed by atoms with Gasteiger partial charge < -0.3 is 5.32 Å². The van der Waals surface area contributed by atoms with Crippen LogP contribution in [0.25, 0.3) is 11.3 Å². The Morgan fingerprint density at radius 2 is 2.04 bits per heavy atom. The predicted molar refractivity (Wildman–Crippen MR) is 80.0 cm³/mol. The Kier molecular flexibility index (Phi) is 3.94. The van der Waals surface area contributed by atoms with Crippen molar-refractivity contribution in [1.29, 1.82) is 0 Å². The highest BCUT2D eigenvalue weighted by molar-refractivity contribution is 5.90. The Bertz CT molecular complexity index is 938. The maximum absolute atomic E-state index is 13.7. The van der Waals surface area contributed by atoms with Gasteiger partial charge in [-0.3, -0.25) is 14.5 Å². The maximum Gasteiger partial charge on any atom is 0.345 e. The summed E-state index contributed by atoms with van der Waals surface area (Å²) < 4.78 is 29.6. The molecule has 0 saturated carbocycles. The van der Waals surface area contributed by atoms with Crippen molar-refractivity contribution in [3.8, 4) is 11.3 Å². The van der Waals surface area contributed by atoms with Gasteiger partial charge in [0, 0.05) is 13.1 Å². The molecule has 0 spiro atoms. The Hall–Kier alpha value is -3.30. The fourth-order valence-electron chi connectivity index (χ4n) is 2.12. The first-order chi connectivity index (χ1) is 11.5. The summed E-state index contributed by atoms with van der Waals surface area (Å²) in [6.45, 7) is -0.310. The minimum absolute atomic E-state index is 0.0710. The van der Waals surface area contributed by atoms with Crippen LogP contribution in [0, 0.1) is 11.6 Å². The summed E-state index contributed by atoms with van der Waals surface area (Å²) in [7, 11) is 1.51. The number of aromatic amines is 1. The quantitative estimate of drug-likeness (QED) is 0.740. The van der Waals surface area contributed by atoms with E-state index in [1.54, 1.807) is 0 Å². The van der Waals surface area contributed by atoms with Crippen molar-refractivity contribution < 1.29 is 13.6 Å². The number of aryl methyl sites for hydroxylation is 1. The molecule has 1 aromatic carbocycles. The Morgan fingerprint density at radius 3 is 2.67 bits per heavy atom. The van der Waals surface area contributed by atoms with Crippen molar-refractivity contribution in [3.05, 3.63) is 52.7 Å². The molecule has 0 saturated heterocycles. The molecule has 10 heteroatoms. The first-order valence-corrected chi connectivity index (χ1v) is 6.84. The predicted octanol–water partition coefficient (Wildman–Crippen LogP) is 0.889. The largest absolute Gasteiger partial charge is 0.345 e. The third kappa shape index (κ3) is 2.93. The van der Waals surface area contributed by atoms with Crippen LogP contribution in [0.15, 0.2) is 35.4 Å². The second-order valence-corrected chi connectivity index (χ2v) is 4.99. The van der Waals surface area contributed by atoms with Gasteiger partial charge in [-0.2, -0.15) is 10.2 Å². The molecule has 24 heavy (non-hydrogen) atoms. The van der Waals surface area contributed by atoms with E-state index < -0.39 is 23.2 Å². The van der Waals surface area contributed by atoms with Crippen LogP contribution in [0.3, 0.4) is 0 Å². The van der Waals surface area contributed by atoms with Gasteiger partial charge in [-0.1, -0.05) is 6.07 Å². The monoisotopic (exact) mass is 334 g/mol. The van der Waals surface area contributed by atoms with Gasteiger partial charge in [-0.25, -0.2) is 18.3 Å². The lowest BCUT2D eigenvalue weighted by Gasteiger charge is -2.01. The summed E-state index contributed by atoms with van der Waals surface area (Å²) in [5.41, 5.74) is -0.636. The first-order valence-electron chi connectivity index (χ1n) is 6.84. The average Bonchev–Trinajstić information content (AvgIpc) is 3.09. The highest BCUT2D eigenvalue weighted by Gasteiger charge is 2.15. The molecule has 2 aromatic heterocycles. The van der Waals surface area contributed by atoms with Crippen LogP contribution in [0.1, 0.15) is 0 Å². The number of anilines is 1. The number of nitrogens with zero attached hydrogens (tertiary/aromatic N) is 4. The lowest BCUT2D eigenvalue weighted by molar-refractivity contribution is -0.117. The number of hydrogen-bond donors (Lipinski definition) is 2. The van der Waals surface area contributed by atoms with Gasteiger partial charge in [0.2, 0.25) is 5.91 Å². The standard InChI is InChI=1S/C14H12F2N6O2/c1-21-7-17-22(14(21)24)6-12(23)18-11-5-10(19-20-11)13-8(15)3-2-4-9(13)16/h2-5,7H,6H2,1H3,(H2,18,19,20,23). The van der Waals surface area contributed by atoms with E-state index in [0.717, 1.165) is 16.8 Å². The number of halogens is 2. The van der Waals surface area contributed by atoms with Crippen molar-refractivity contribution >= 4 is 11.7 Å². The summed E-state index contributed by atoms with van der Waals surface area (Å²) in [4.78, 5) is 23.5. The van der Waals surface area contributed by atoms with E-state index in [9.17, 15) is 18.4 Å². The number of benzene rings is 1. The zero-order valence-corrected chi connectivity index (χ0v) is 12.5. The average molecular weight is 334 g/mol. The molecule has 0 fully saturated rings. The Balaban J connectivity index is 1.76. The molecular weight excluding hydrogens is 322 g/mol. The van der Waals surface area contributed by atoms with Crippen LogP contribution in [-0.4, -0.2) is 30.5 Å². The van der Waals surface area contributed by atoms with Crippen molar-refractivity contribution in [2.24, 2.45) is 7.05 Å². The number of nitrogens with one attached hydrogen (secondary N) is 2. The molecule has 3 rings (SSSR count). The lowest BCUT2D eigenvalue weighted by atomic mass is 10.1. The number of carbonyl (C=O) groups is 1. The number of hydrogen-bond acceptors (Lipinski definition) is 4. The van der Waals surface area contributed by atoms with Gasteiger partial charge in [0.15, 0.2) is 5.82 Å². The SMILES string of the molecule is Cn1cnn(CC(=O)Nc2cc(-c3c(F)cccc3F)[nH]n2)c1=O. The lowest BCUT2D eigenvalue weighted by Crippen LogP contribution is -2.29. The number of carbonyl (C=O) groups excluding carboxylic acids is 1. The van der Waals surface area contributed by atoms with Gasteiger partial charge in [0.1, 0.15) is 24.5 Å². The molecule has 3 aromatic rings. The molecule has 124 valence electrons. The van der Waals surface area contributed by atoms with Crippen LogP contribution in [0.5, 0.6) is 0 Å². The van der Waals surface area contributed by atoms with Gasteiger partial charge in [-0.15, -0.1) is 0 Å². The summed E-state index contributed by atoms with van der Waals surface area (Å²) in [6, 6.07) is 4.77. The molecule has 0 aliphatic heterocycles. The first kappa shape index (κ1) is 15.6. The molecular formula is C14H12F2N6O2. The van der Waals surface area contributed by atoms with E-state index in [2.05, 4.69) is 20.6 Å². The number of H-pyrrole nitrogens is 1. The number of rotatable bonds is 4. The fraction of sp³-hybridized carbons (Fsp3) is 0.143. The van der Waals surface area contributed by atoms with Gasteiger partial charge in [0.05, 0.1) is 11.3 Å². The number of amides is 1. The van der Waals surface area contributed by atoms with Crippen molar-refractivity contribution in [1.82, 2.24) is 24.5 Å². The highest BCUT2D eigenvalue weighted by atomic mass is 19.1. The molecule has 0 aliphatic rings. The van der Waals surface area contributed by atoms with Crippen LogP contribution >= 0.6 is 0 Å². The van der Waals surface area contributed by atoms with Crippen LogP contribution in [0.2, 0.25) is 0 Å². The summed E-state index contributed by atoms with van der Waals surface area (Å²) >= 11 is 0. The summed E-state index contributed by atoms with van der Waals surface area (Å²) in [5.74, 6) is -1.99. The van der Waals surface area contributed by atoms with E-state index in [4.69, 9.17) is 0 Å². The second kappa shape index (κ2) is 6.07. The van der Waals surface area contributed by atoms with Crippen LogP contribution in [-0.2, 0) is 18.4 Å². The third-order valence-corrected chi connectivity index (χ3v) is 3.26. The molecule has 0 radical (unpaired) electrons. The molecule has 0 atom stereocenters. The molecule has 2 N–H and O–H groups in total. The Labute approximate surface area is 133 Å². The molecule has 8 nitrogen and oxygen atoms in total. The number of aromatic nitrogens is 5. The molecule has 0 aliphatic carbocycles. The van der Waals surface area contributed by atoms with Crippen molar-refractivity contribution in [2.45, 2.75) is 6.54 Å². The van der Waals surface area contributed by atoms with E-state index in [1.807, 2.05) is 0 Å². The van der Waals surface area contributed by atoms with Gasteiger partial charge in [0.25, 0.3) is 0 Å². The van der Waals surface area contributed by atoms with Crippen molar-refractivity contribution in [3.63, 3.8) is 0 Å². The summed E-state index contributed by atoms with van der Waals surface area (Å²) in [6.07, 6.45) is 1.28. The molecule has 2 heterocycles. The minimum Gasteiger partial charge on any atom is -0.308 e. The zero-order chi connectivity index (χ0) is 17.3. The second-order valence-electron chi connectivity index (χ2n) is 4.99. The molecule has 1 amide bonds. The van der Waals surface area contributed by atoms with Crippen LogP contribution in [0.4, 0.5) is 14.6 Å². The van der Waals surface area contributed by atoms with Crippen LogP contribution < -0.4 is 11.0 Å². The fourth-order valence-corrected chi connectivity index (χ4v) is 2.12. The van der Waals surface area contributed by atoms with E-state index in [-0.39, 0.29) is 23.6 Å². The van der Waals surface area contributed by atoms with E-state index in [1.165, 1.54) is 30.1 Å². The van der Waals surface area contributed by atoms with Gasteiger partial charge in [-0.05, 0) is 12.1 Å². The topological polar surface area (TPSA) is 97.6 Å². The molecule has 0 unspecified atom stereocenters. The van der Waals surface area contributed by atoms with Crippen molar-refractivity contribution in [2.75, 3.05) is 5.32 Å². The van der Waals surface area contributed by atoms with E-state index >= 15 is 0 Å². The minimum atomic E-state index is -0.753. The zero-order valence-electron chi connectivity index (χ0n) is 12.5. The smallest absolute Gasteiger partial charge is 0.308 e. The highest BCUT2D eigenvalue weighted by Crippen LogP contribution is 2.25. The normalized spacial score (nSPS) is 10.8. The molecule has 0 bridgehead atoms. The third-order valence-electron chi connectivity index (χ3n) is 3.26. The maximum atomic E-state index is 13.7. The Morgan fingerprint density at radius 1 is 1.33 bits per heavy atom. The van der Waals surface area contributed by atoms with Gasteiger partial charge >= 0.3 is 5.69 Å². The summed E-state index contributed by atoms with van der Waals surface area (Å²) in [5, 5.41) is 12.4. The van der Waals surface area contributed by atoms with E-state index in [0.29, 0.717) is 0 Å².